The van der Waals surface area contributed by atoms with Gasteiger partial charge in [0, 0.05) is 35.0 Å². The van der Waals surface area contributed by atoms with Crippen LogP contribution in [0.25, 0.3) is 0 Å². The highest BCUT2D eigenvalue weighted by Gasteiger charge is 2.34. The molecule has 0 fully saturated rings. The maximum absolute atomic E-state index is 12.5. The number of nitrogens with one attached hydrogen (secondary N) is 1. The Hall–Kier alpha value is -3.69. The molecule has 4 rings (SSSR count). The van der Waals surface area contributed by atoms with Crippen molar-refractivity contribution in [3.63, 3.8) is 0 Å². The lowest BCUT2D eigenvalue weighted by atomic mass is 10.1. The van der Waals surface area contributed by atoms with Gasteiger partial charge in [-0.05, 0) is 42.5 Å². The van der Waals surface area contributed by atoms with Crippen LogP contribution in [0, 0.1) is 10.1 Å². The quantitative estimate of drug-likeness (QED) is 0.223. The average Bonchev–Trinajstić information content (AvgIpc) is 3.05. The molecule has 0 atom stereocenters. The molecule has 1 heterocycles. The summed E-state index contributed by atoms with van der Waals surface area (Å²) in [6.07, 6.45) is 0. The second kappa shape index (κ2) is 9.43. The number of fused-ring (bicyclic) bond motifs is 1. The number of hydrogen-bond acceptors (Lipinski definition) is 6. The Kier molecular flexibility index (Phi) is 6.43. The first kappa shape index (κ1) is 22.5. The van der Waals surface area contributed by atoms with Crippen LogP contribution in [0.1, 0.15) is 31.1 Å². The van der Waals surface area contributed by atoms with E-state index in [0.29, 0.717) is 22.6 Å². The number of rotatable bonds is 7. The van der Waals surface area contributed by atoms with Crippen molar-refractivity contribution in [3.05, 3.63) is 98.6 Å². The van der Waals surface area contributed by atoms with E-state index in [0.717, 1.165) is 11.0 Å². The minimum absolute atomic E-state index is 0.00487. The van der Waals surface area contributed by atoms with Gasteiger partial charge >= 0.3 is 0 Å². The Morgan fingerprint density at radius 2 is 1.64 bits per heavy atom. The molecular weight excluding hydrogens is 466 g/mol. The average molecular weight is 482 g/mol. The van der Waals surface area contributed by atoms with Crippen molar-refractivity contribution >= 4 is 52.5 Å². The van der Waals surface area contributed by atoms with Crippen molar-refractivity contribution in [2.24, 2.45) is 0 Å². The van der Waals surface area contributed by atoms with Crippen molar-refractivity contribution in [1.82, 2.24) is 4.90 Å². The maximum Gasteiger partial charge on any atom is 0.270 e. The van der Waals surface area contributed by atoms with Crippen LogP contribution in [-0.4, -0.2) is 39.8 Å². The van der Waals surface area contributed by atoms with E-state index in [9.17, 15) is 24.5 Å². The molecule has 0 aromatic heterocycles. The van der Waals surface area contributed by atoms with Crippen LogP contribution in [0.15, 0.2) is 71.6 Å². The highest BCUT2D eigenvalue weighted by atomic mass is 35.5. The van der Waals surface area contributed by atoms with Crippen LogP contribution in [0.3, 0.4) is 0 Å². The summed E-state index contributed by atoms with van der Waals surface area (Å²) < 4.78 is 0. The summed E-state index contributed by atoms with van der Waals surface area (Å²) >= 11 is 7.48. The Bertz CT molecular complexity index is 1240. The Balaban J connectivity index is 1.34. The van der Waals surface area contributed by atoms with Crippen molar-refractivity contribution in [1.29, 1.82) is 0 Å². The van der Waals surface area contributed by atoms with Crippen LogP contribution in [0.2, 0.25) is 5.02 Å². The highest BCUT2D eigenvalue weighted by molar-refractivity contribution is 7.99. The lowest BCUT2D eigenvalue weighted by molar-refractivity contribution is -0.384. The van der Waals surface area contributed by atoms with Gasteiger partial charge < -0.3 is 5.32 Å². The molecule has 0 aliphatic carbocycles. The molecule has 1 aliphatic rings. The van der Waals surface area contributed by atoms with Gasteiger partial charge in [0.25, 0.3) is 23.4 Å². The first-order valence-corrected chi connectivity index (χ1v) is 11.1. The van der Waals surface area contributed by atoms with E-state index in [1.165, 1.54) is 28.8 Å². The summed E-state index contributed by atoms with van der Waals surface area (Å²) in [6.45, 7) is 0.279. The van der Waals surface area contributed by atoms with Gasteiger partial charge in [-0.25, -0.2) is 0 Å². The number of amides is 3. The maximum atomic E-state index is 12.5. The third-order valence-electron chi connectivity index (χ3n) is 4.98. The number of non-ortho nitro benzene ring substituents is 1. The molecule has 33 heavy (non-hydrogen) atoms. The Labute approximate surface area is 197 Å². The van der Waals surface area contributed by atoms with Crippen molar-refractivity contribution in [2.45, 2.75) is 4.90 Å². The number of carbonyl (C=O) groups excluding carboxylic acids is 3. The molecule has 10 heteroatoms. The minimum Gasteiger partial charge on any atom is -0.322 e. The number of hydrogen-bond donors (Lipinski definition) is 1. The van der Waals surface area contributed by atoms with Gasteiger partial charge in [-0.3, -0.25) is 29.4 Å². The second-order valence-corrected chi connectivity index (χ2v) is 8.63. The molecule has 0 bridgehead atoms. The summed E-state index contributed by atoms with van der Waals surface area (Å²) in [4.78, 5) is 49.8. The SMILES string of the molecule is O=C(Nc1ccc(SCCN2C(=O)c3ccccc3C2=O)cc1)c1cc([N+](=O)[O-])ccc1Cl. The Morgan fingerprint density at radius 3 is 2.24 bits per heavy atom. The standard InChI is InChI=1S/C23H16ClN3O5S/c24-20-10-7-15(27(31)32)13-19(20)21(28)25-14-5-8-16(9-6-14)33-12-11-26-22(29)17-3-1-2-4-18(17)23(26)30/h1-10,13H,11-12H2,(H,25,28). The molecule has 0 saturated carbocycles. The second-order valence-electron chi connectivity index (χ2n) is 7.06. The minimum atomic E-state index is -0.596. The van der Waals surface area contributed by atoms with Crippen LogP contribution in [0.4, 0.5) is 11.4 Å². The number of nitrogens with zero attached hydrogens (tertiary/aromatic N) is 2. The monoisotopic (exact) mass is 481 g/mol. The van der Waals surface area contributed by atoms with E-state index in [2.05, 4.69) is 5.32 Å². The zero-order chi connectivity index (χ0) is 23.5. The number of imide groups is 1. The highest BCUT2D eigenvalue weighted by Crippen LogP contribution is 2.26. The zero-order valence-electron chi connectivity index (χ0n) is 17.0. The fourth-order valence-corrected chi connectivity index (χ4v) is 4.37. The lowest BCUT2D eigenvalue weighted by Crippen LogP contribution is -2.31. The van der Waals surface area contributed by atoms with Gasteiger partial charge in [-0.1, -0.05) is 23.7 Å². The molecule has 1 aliphatic heterocycles. The van der Waals surface area contributed by atoms with Gasteiger partial charge in [-0.2, -0.15) is 0 Å². The molecule has 0 unspecified atom stereocenters. The van der Waals surface area contributed by atoms with Gasteiger partial charge in [-0.15, -0.1) is 11.8 Å². The zero-order valence-corrected chi connectivity index (χ0v) is 18.6. The summed E-state index contributed by atoms with van der Waals surface area (Å²) in [7, 11) is 0. The van der Waals surface area contributed by atoms with Gasteiger partial charge in [0.15, 0.2) is 0 Å². The number of benzene rings is 3. The summed E-state index contributed by atoms with van der Waals surface area (Å²) in [5, 5.41) is 13.7. The number of nitro groups is 1. The predicted molar refractivity (Wildman–Crippen MR) is 125 cm³/mol. The fourth-order valence-electron chi connectivity index (χ4n) is 3.33. The number of nitro benzene ring substituents is 1. The van der Waals surface area contributed by atoms with E-state index in [1.54, 1.807) is 48.5 Å². The molecule has 8 nitrogen and oxygen atoms in total. The molecule has 3 amide bonds. The normalized spacial score (nSPS) is 12.6. The molecule has 3 aromatic carbocycles. The molecule has 1 N–H and O–H groups in total. The number of carbonyl (C=O) groups is 3. The first-order chi connectivity index (χ1) is 15.8. The molecule has 166 valence electrons. The van der Waals surface area contributed by atoms with Crippen molar-refractivity contribution in [3.8, 4) is 0 Å². The summed E-state index contributed by atoms with van der Waals surface area (Å²) in [6, 6.07) is 17.4. The number of halogens is 1. The van der Waals surface area contributed by atoms with Crippen molar-refractivity contribution < 1.29 is 19.3 Å². The van der Waals surface area contributed by atoms with Crippen molar-refractivity contribution in [2.75, 3.05) is 17.6 Å². The van der Waals surface area contributed by atoms with E-state index in [-0.39, 0.29) is 34.6 Å². The van der Waals surface area contributed by atoms with Crippen LogP contribution < -0.4 is 5.32 Å². The largest absolute Gasteiger partial charge is 0.322 e. The summed E-state index contributed by atoms with van der Waals surface area (Å²) in [5.74, 6) is -0.613. The third-order valence-corrected chi connectivity index (χ3v) is 6.30. The molecule has 0 saturated heterocycles. The van der Waals surface area contributed by atoms with Gasteiger partial charge in [0.2, 0.25) is 0 Å². The number of anilines is 1. The van der Waals surface area contributed by atoms with E-state index < -0.39 is 10.8 Å². The van der Waals surface area contributed by atoms with E-state index in [4.69, 9.17) is 11.6 Å². The van der Waals surface area contributed by atoms with Crippen LogP contribution in [-0.2, 0) is 0 Å². The first-order valence-electron chi connectivity index (χ1n) is 9.78. The Morgan fingerprint density at radius 1 is 1.00 bits per heavy atom. The molecular formula is C23H16ClN3O5S. The molecule has 0 spiro atoms. The van der Waals surface area contributed by atoms with Crippen LogP contribution in [0.5, 0.6) is 0 Å². The number of thioether (sulfide) groups is 1. The van der Waals surface area contributed by atoms with Gasteiger partial charge in [0.1, 0.15) is 0 Å². The topological polar surface area (TPSA) is 110 Å². The smallest absolute Gasteiger partial charge is 0.270 e. The van der Waals surface area contributed by atoms with Crippen LogP contribution >= 0.6 is 23.4 Å². The van der Waals surface area contributed by atoms with Gasteiger partial charge in [0.05, 0.1) is 26.6 Å². The van der Waals surface area contributed by atoms with E-state index in [1.807, 2.05) is 0 Å². The van der Waals surface area contributed by atoms with E-state index >= 15 is 0 Å². The lowest BCUT2D eigenvalue weighted by Gasteiger charge is -2.13. The molecule has 0 radical (unpaired) electrons. The third kappa shape index (κ3) is 4.74. The molecule has 3 aromatic rings. The predicted octanol–water partition coefficient (Wildman–Crippen LogP) is 4.89. The fraction of sp³-hybridized carbons (Fsp3) is 0.0870. The summed E-state index contributed by atoms with van der Waals surface area (Å²) in [5.41, 5.74) is 1.12.